The zero-order valence-electron chi connectivity index (χ0n) is 17.9. The van der Waals surface area contributed by atoms with Crippen LogP contribution in [-0.4, -0.2) is 25.1 Å². The van der Waals surface area contributed by atoms with Crippen LogP contribution in [0, 0.1) is 6.92 Å². The Morgan fingerprint density at radius 1 is 0.938 bits per heavy atom. The number of pyridine rings is 1. The molecule has 0 bridgehead atoms. The van der Waals surface area contributed by atoms with Crippen molar-refractivity contribution in [3.05, 3.63) is 82.9 Å². The molecular formula is C25H22ClN3O3. The molecule has 0 radical (unpaired) electrons. The summed E-state index contributed by atoms with van der Waals surface area (Å²) in [7, 11) is 3.04. The molecular weight excluding hydrogens is 426 g/mol. The summed E-state index contributed by atoms with van der Waals surface area (Å²) in [6, 6.07) is 20.2. The molecule has 1 heterocycles. The summed E-state index contributed by atoms with van der Waals surface area (Å²) in [5, 5.41) is 7.81. The summed E-state index contributed by atoms with van der Waals surface area (Å²) in [5.41, 5.74) is 3.75. The number of anilines is 3. The molecule has 32 heavy (non-hydrogen) atoms. The molecule has 6 nitrogen and oxygen atoms in total. The van der Waals surface area contributed by atoms with E-state index in [-0.39, 0.29) is 5.91 Å². The van der Waals surface area contributed by atoms with Gasteiger partial charge >= 0.3 is 0 Å². The molecule has 4 aromatic rings. The summed E-state index contributed by atoms with van der Waals surface area (Å²) in [6.07, 6.45) is 0. The van der Waals surface area contributed by atoms with E-state index in [1.807, 2.05) is 55.5 Å². The average Bonchev–Trinajstić information content (AvgIpc) is 2.79. The van der Waals surface area contributed by atoms with Gasteiger partial charge in [-0.15, -0.1) is 0 Å². The molecule has 0 atom stereocenters. The number of amides is 1. The lowest BCUT2D eigenvalue weighted by Crippen LogP contribution is -2.13. The Labute approximate surface area is 191 Å². The van der Waals surface area contributed by atoms with E-state index in [0.717, 1.165) is 28.0 Å². The van der Waals surface area contributed by atoms with Gasteiger partial charge in [-0.2, -0.15) is 0 Å². The normalized spacial score (nSPS) is 10.6. The second kappa shape index (κ2) is 9.16. The smallest absolute Gasteiger partial charge is 0.259 e. The first-order valence-electron chi connectivity index (χ1n) is 9.95. The molecule has 4 rings (SSSR count). The highest BCUT2D eigenvalue weighted by atomic mass is 35.5. The Balaban J connectivity index is 1.60. The molecule has 0 aliphatic carbocycles. The molecule has 2 N–H and O–H groups in total. The molecule has 0 spiro atoms. The molecule has 1 aromatic heterocycles. The van der Waals surface area contributed by atoms with Crippen LogP contribution in [-0.2, 0) is 0 Å². The average molecular weight is 448 g/mol. The van der Waals surface area contributed by atoms with E-state index in [1.165, 1.54) is 14.2 Å². The summed E-state index contributed by atoms with van der Waals surface area (Å²) >= 11 is 6.07. The van der Waals surface area contributed by atoms with Crippen molar-refractivity contribution in [3.8, 4) is 11.5 Å². The number of halogens is 1. The molecule has 7 heteroatoms. The van der Waals surface area contributed by atoms with E-state index in [2.05, 4.69) is 15.6 Å². The van der Waals surface area contributed by atoms with Crippen LogP contribution in [0.3, 0.4) is 0 Å². The lowest BCUT2D eigenvalue weighted by molar-refractivity contribution is 0.102. The van der Waals surface area contributed by atoms with Crippen LogP contribution in [0.1, 0.15) is 15.9 Å². The second-order valence-electron chi connectivity index (χ2n) is 7.19. The van der Waals surface area contributed by atoms with Gasteiger partial charge < -0.3 is 20.1 Å². The Hall–Kier alpha value is -3.77. The number of para-hydroxylation sites is 1. The van der Waals surface area contributed by atoms with Gasteiger partial charge in [0.25, 0.3) is 5.91 Å². The monoisotopic (exact) mass is 447 g/mol. The van der Waals surface area contributed by atoms with Crippen LogP contribution < -0.4 is 20.1 Å². The van der Waals surface area contributed by atoms with Gasteiger partial charge in [0.05, 0.1) is 25.3 Å². The standard InChI is InChI=1S/C25H22ClN3O3/c1-15-12-23(27-17-7-4-6-16(26)13-17)29-21-11-10-18(14-20(15)21)28-25(30)19-8-5-9-22(31-2)24(19)32-3/h4-14H,1-3H3,(H,27,29)(H,28,30). The number of carbonyl (C=O) groups is 1. The predicted molar refractivity (Wildman–Crippen MR) is 129 cm³/mol. The van der Waals surface area contributed by atoms with Gasteiger partial charge in [0, 0.05) is 21.8 Å². The molecule has 0 aliphatic heterocycles. The molecule has 162 valence electrons. The molecule has 0 saturated carbocycles. The van der Waals surface area contributed by atoms with E-state index >= 15 is 0 Å². The number of fused-ring (bicyclic) bond motifs is 1. The number of aryl methyl sites for hydroxylation is 1. The number of hydrogen-bond acceptors (Lipinski definition) is 5. The van der Waals surface area contributed by atoms with Gasteiger partial charge in [0.1, 0.15) is 5.82 Å². The zero-order chi connectivity index (χ0) is 22.7. The maximum Gasteiger partial charge on any atom is 0.259 e. The van der Waals surface area contributed by atoms with Crippen LogP contribution in [0.15, 0.2) is 66.7 Å². The SMILES string of the molecule is COc1cccc(C(=O)Nc2ccc3nc(Nc4cccc(Cl)c4)cc(C)c3c2)c1OC. The number of nitrogens with zero attached hydrogens (tertiary/aromatic N) is 1. The third kappa shape index (κ3) is 4.45. The molecule has 3 aromatic carbocycles. The highest BCUT2D eigenvalue weighted by Gasteiger charge is 2.17. The molecule has 1 amide bonds. The predicted octanol–water partition coefficient (Wildman–Crippen LogP) is 6.21. The number of carbonyl (C=O) groups excluding carboxylic acids is 1. The van der Waals surface area contributed by atoms with Crippen molar-refractivity contribution in [3.63, 3.8) is 0 Å². The van der Waals surface area contributed by atoms with E-state index in [4.69, 9.17) is 21.1 Å². The Kier molecular flexibility index (Phi) is 6.14. The number of benzene rings is 3. The van der Waals surface area contributed by atoms with E-state index in [9.17, 15) is 4.79 Å². The lowest BCUT2D eigenvalue weighted by atomic mass is 10.1. The second-order valence-corrected chi connectivity index (χ2v) is 7.62. The van der Waals surface area contributed by atoms with E-state index in [1.54, 1.807) is 18.2 Å². The van der Waals surface area contributed by atoms with Gasteiger partial charge in [-0.05, 0) is 67.1 Å². The van der Waals surface area contributed by atoms with E-state index < -0.39 is 0 Å². The Morgan fingerprint density at radius 3 is 2.50 bits per heavy atom. The number of rotatable bonds is 6. The number of nitrogens with one attached hydrogen (secondary N) is 2. The first-order valence-corrected chi connectivity index (χ1v) is 10.3. The maximum atomic E-state index is 12.9. The quantitative estimate of drug-likeness (QED) is 0.367. The zero-order valence-corrected chi connectivity index (χ0v) is 18.7. The van der Waals surface area contributed by atoms with Crippen LogP contribution in [0.5, 0.6) is 11.5 Å². The fraction of sp³-hybridized carbons (Fsp3) is 0.120. The summed E-state index contributed by atoms with van der Waals surface area (Å²) < 4.78 is 10.7. The minimum absolute atomic E-state index is 0.287. The van der Waals surface area contributed by atoms with Crippen molar-refractivity contribution >= 4 is 45.6 Å². The third-order valence-corrected chi connectivity index (χ3v) is 5.25. The van der Waals surface area contributed by atoms with Crippen molar-refractivity contribution in [1.82, 2.24) is 4.98 Å². The molecule has 0 aliphatic rings. The van der Waals surface area contributed by atoms with Gasteiger partial charge in [0.15, 0.2) is 11.5 Å². The highest BCUT2D eigenvalue weighted by molar-refractivity contribution is 6.30. The van der Waals surface area contributed by atoms with Gasteiger partial charge in [-0.3, -0.25) is 4.79 Å². The van der Waals surface area contributed by atoms with Crippen molar-refractivity contribution in [1.29, 1.82) is 0 Å². The Bertz CT molecular complexity index is 1310. The minimum atomic E-state index is -0.287. The van der Waals surface area contributed by atoms with Gasteiger partial charge in [-0.25, -0.2) is 4.98 Å². The van der Waals surface area contributed by atoms with Crippen molar-refractivity contribution in [2.24, 2.45) is 0 Å². The lowest BCUT2D eigenvalue weighted by Gasteiger charge is -2.13. The summed E-state index contributed by atoms with van der Waals surface area (Å²) in [5.74, 6) is 1.32. The molecule has 0 unspecified atom stereocenters. The van der Waals surface area contributed by atoms with Crippen LogP contribution in [0.25, 0.3) is 10.9 Å². The van der Waals surface area contributed by atoms with E-state index in [0.29, 0.717) is 27.8 Å². The first-order chi connectivity index (χ1) is 15.5. The van der Waals surface area contributed by atoms with Gasteiger partial charge in [0.2, 0.25) is 0 Å². The number of hydrogen-bond donors (Lipinski definition) is 2. The van der Waals surface area contributed by atoms with Gasteiger partial charge in [-0.1, -0.05) is 23.7 Å². The largest absolute Gasteiger partial charge is 0.493 e. The third-order valence-electron chi connectivity index (χ3n) is 5.02. The number of ether oxygens (including phenoxy) is 2. The minimum Gasteiger partial charge on any atom is -0.493 e. The highest BCUT2D eigenvalue weighted by Crippen LogP contribution is 2.32. The Morgan fingerprint density at radius 2 is 1.75 bits per heavy atom. The van der Waals surface area contributed by atoms with Crippen molar-refractivity contribution in [2.45, 2.75) is 6.92 Å². The summed E-state index contributed by atoms with van der Waals surface area (Å²) in [4.78, 5) is 17.6. The fourth-order valence-corrected chi connectivity index (χ4v) is 3.70. The van der Waals surface area contributed by atoms with Crippen LogP contribution in [0.2, 0.25) is 5.02 Å². The van der Waals surface area contributed by atoms with Crippen molar-refractivity contribution in [2.75, 3.05) is 24.9 Å². The van der Waals surface area contributed by atoms with Crippen LogP contribution in [0.4, 0.5) is 17.2 Å². The van der Waals surface area contributed by atoms with Crippen molar-refractivity contribution < 1.29 is 14.3 Å². The topological polar surface area (TPSA) is 72.5 Å². The summed E-state index contributed by atoms with van der Waals surface area (Å²) in [6.45, 7) is 2.00. The number of methoxy groups -OCH3 is 2. The fourth-order valence-electron chi connectivity index (χ4n) is 3.51. The van der Waals surface area contributed by atoms with Crippen LogP contribution >= 0.6 is 11.6 Å². The molecule has 0 fully saturated rings. The number of aromatic nitrogens is 1. The maximum absolute atomic E-state index is 12.9. The first kappa shape index (κ1) is 21.5. The molecule has 0 saturated heterocycles.